The first kappa shape index (κ1) is 14.4. The molecule has 0 saturated carbocycles. The van der Waals surface area contributed by atoms with Crippen LogP contribution in [0.15, 0.2) is 0 Å². The van der Waals surface area contributed by atoms with Crippen molar-refractivity contribution in [3.63, 3.8) is 0 Å². The van der Waals surface area contributed by atoms with Crippen LogP contribution < -0.4 is 10.6 Å². The van der Waals surface area contributed by atoms with Crippen LogP contribution in [0.1, 0.15) is 32.6 Å². The summed E-state index contributed by atoms with van der Waals surface area (Å²) in [6.45, 7) is 5.23. The van der Waals surface area contributed by atoms with Crippen LogP contribution in [0.5, 0.6) is 0 Å². The van der Waals surface area contributed by atoms with Gasteiger partial charge in [0, 0.05) is 26.2 Å². The highest BCUT2D eigenvalue weighted by Crippen LogP contribution is 1.90. The molecule has 0 aromatic rings. The minimum absolute atomic E-state index is 0.154. The van der Waals surface area contributed by atoms with E-state index in [1.54, 1.807) is 0 Å². The molecule has 0 rings (SSSR count). The summed E-state index contributed by atoms with van der Waals surface area (Å²) in [6.07, 6.45) is 3.54. The summed E-state index contributed by atoms with van der Waals surface area (Å²) in [7, 11) is 1.89. The molecule has 1 amide bonds. The van der Waals surface area contributed by atoms with Crippen LogP contribution in [0, 0.1) is 0 Å². The molecule has 2 N–H and O–H groups in total. The number of carbonyl (C=O) groups is 1. The molecule has 15 heavy (non-hydrogen) atoms. The van der Waals surface area contributed by atoms with Gasteiger partial charge >= 0.3 is 0 Å². The summed E-state index contributed by atoms with van der Waals surface area (Å²) in [5.41, 5.74) is 0. The monoisotopic (exact) mass is 216 g/mol. The van der Waals surface area contributed by atoms with Crippen molar-refractivity contribution in [2.45, 2.75) is 32.6 Å². The predicted molar refractivity (Wildman–Crippen MR) is 61.9 cm³/mol. The summed E-state index contributed by atoms with van der Waals surface area (Å²) >= 11 is 0. The molecule has 0 spiro atoms. The molecule has 90 valence electrons. The van der Waals surface area contributed by atoms with E-state index in [1.165, 1.54) is 0 Å². The topological polar surface area (TPSA) is 50.4 Å². The fraction of sp³-hybridized carbons (Fsp3) is 0.909. The van der Waals surface area contributed by atoms with Gasteiger partial charge < -0.3 is 15.4 Å². The van der Waals surface area contributed by atoms with E-state index in [-0.39, 0.29) is 5.91 Å². The maximum atomic E-state index is 11.2. The van der Waals surface area contributed by atoms with Crippen LogP contribution in [0.25, 0.3) is 0 Å². The molecule has 4 heteroatoms. The van der Waals surface area contributed by atoms with Crippen molar-refractivity contribution in [1.29, 1.82) is 0 Å². The second kappa shape index (κ2) is 11.5. The molecule has 0 aromatic heterocycles. The molecule has 0 aliphatic heterocycles. The van der Waals surface area contributed by atoms with Crippen LogP contribution in [0.4, 0.5) is 0 Å². The Bertz CT molecular complexity index is 152. The predicted octanol–water partition coefficient (Wildman–Crippen LogP) is 0.919. The lowest BCUT2D eigenvalue weighted by Gasteiger charge is -2.05. The van der Waals surface area contributed by atoms with Gasteiger partial charge in [0.2, 0.25) is 5.91 Å². The number of hydrogen-bond acceptors (Lipinski definition) is 3. The molecule has 0 fully saturated rings. The van der Waals surface area contributed by atoms with Crippen LogP contribution >= 0.6 is 0 Å². The zero-order valence-electron chi connectivity index (χ0n) is 9.97. The van der Waals surface area contributed by atoms with Crippen LogP contribution in [0.3, 0.4) is 0 Å². The van der Waals surface area contributed by atoms with Crippen LogP contribution in [-0.2, 0) is 9.53 Å². The fourth-order valence-corrected chi connectivity index (χ4v) is 1.22. The highest BCUT2D eigenvalue weighted by atomic mass is 16.5. The normalized spacial score (nSPS) is 10.3. The number of rotatable bonds is 10. The summed E-state index contributed by atoms with van der Waals surface area (Å²) in [4.78, 5) is 11.2. The maximum absolute atomic E-state index is 11.2. The Hall–Kier alpha value is -0.610. The number of ether oxygens (including phenoxy) is 1. The molecule has 0 bridgehead atoms. The molecule has 0 aliphatic carbocycles. The molecule has 0 atom stereocenters. The van der Waals surface area contributed by atoms with Gasteiger partial charge in [-0.15, -0.1) is 0 Å². The van der Waals surface area contributed by atoms with E-state index >= 15 is 0 Å². The first-order valence-electron chi connectivity index (χ1n) is 5.80. The van der Waals surface area contributed by atoms with Crippen molar-refractivity contribution in [3.8, 4) is 0 Å². The van der Waals surface area contributed by atoms with Gasteiger partial charge in [-0.2, -0.15) is 0 Å². The van der Waals surface area contributed by atoms with Crippen molar-refractivity contribution in [3.05, 3.63) is 0 Å². The summed E-state index contributed by atoms with van der Waals surface area (Å²) in [5.74, 6) is 0.154. The number of amides is 1. The molecule has 0 aromatic carbocycles. The number of unbranched alkanes of at least 4 members (excludes halogenated alkanes) is 1. The quantitative estimate of drug-likeness (QED) is 0.534. The molecule has 4 nitrogen and oxygen atoms in total. The van der Waals surface area contributed by atoms with Crippen molar-refractivity contribution in [1.82, 2.24) is 10.6 Å². The third-order valence-corrected chi connectivity index (χ3v) is 2.07. The van der Waals surface area contributed by atoms with Crippen molar-refractivity contribution in [2.24, 2.45) is 0 Å². The number of carbonyl (C=O) groups excluding carboxylic acids is 1. The summed E-state index contributed by atoms with van der Waals surface area (Å²) in [6, 6.07) is 0. The van der Waals surface area contributed by atoms with E-state index in [4.69, 9.17) is 4.74 Å². The van der Waals surface area contributed by atoms with Crippen LogP contribution in [-0.4, -0.2) is 39.3 Å². The first-order chi connectivity index (χ1) is 7.31. The van der Waals surface area contributed by atoms with Crippen molar-refractivity contribution < 1.29 is 9.53 Å². The molecule has 0 heterocycles. The lowest BCUT2D eigenvalue weighted by atomic mass is 10.2. The third kappa shape index (κ3) is 11.3. The lowest BCUT2D eigenvalue weighted by Crippen LogP contribution is -2.25. The first-order valence-corrected chi connectivity index (χ1v) is 5.80. The average molecular weight is 216 g/mol. The van der Waals surface area contributed by atoms with Crippen molar-refractivity contribution in [2.75, 3.05) is 33.4 Å². The molecule has 0 aliphatic rings. The number of hydrogen-bond donors (Lipinski definition) is 2. The Labute approximate surface area is 92.8 Å². The molecular weight excluding hydrogens is 192 g/mol. The third-order valence-electron chi connectivity index (χ3n) is 2.07. The van der Waals surface area contributed by atoms with Crippen LogP contribution in [0.2, 0.25) is 0 Å². The molecular formula is C11H24N2O2. The van der Waals surface area contributed by atoms with E-state index in [1.807, 2.05) is 14.0 Å². The Morgan fingerprint density at radius 3 is 2.67 bits per heavy atom. The Balaban J connectivity index is 3.10. The van der Waals surface area contributed by atoms with Gasteiger partial charge in [0.15, 0.2) is 0 Å². The van der Waals surface area contributed by atoms with E-state index < -0.39 is 0 Å². The average Bonchev–Trinajstić information content (AvgIpc) is 2.23. The maximum Gasteiger partial charge on any atom is 0.220 e. The highest BCUT2D eigenvalue weighted by molar-refractivity contribution is 5.75. The minimum Gasteiger partial charge on any atom is -0.382 e. The van der Waals surface area contributed by atoms with Gasteiger partial charge in [0.1, 0.15) is 0 Å². The second-order valence-corrected chi connectivity index (χ2v) is 3.46. The minimum atomic E-state index is 0.154. The van der Waals surface area contributed by atoms with Gasteiger partial charge in [0.25, 0.3) is 0 Å². The van der Waals surface area contributed by atoms with E-state index in [0.29, 0.717) is 6.42 Å². The van der Waals surface area contributed by atoms with E-state index in [0.717, 1.165) is 45.6 Å². The van der Waals surface area contributed by atoms with E-state index in [2.05, 4.69) is 10.6 Å². The largest absolute Gasteiger partial charge is 0.382 e. The smallest absolute Gasteiger partial charge is 0.220 e. The zero-order chi connectivity index (χ0) is 11.4. The zero-order valence-corrected chi connectivity index (χ0v) is 9.97. The standard InChI is InChI=1S/C11H24N2O2/c1-3-15-10-5-4-9-13-11(14)7-6-8-12-2/h12H,3-10H2,1-2H3,(H,13,14). The Morgan fingerprint density at radius 2 is 2.00 bits per heavy atom. The highest BCUT2D eigenvalue weighted by Gasteiger charge is 1.98. The molecule has 0 saturated heterocycles. The van der Waals surface area contributed by atoms with Gasteiger partial charge in [0.05, 0.1) is 0 Å². The Kier molecular flexibility index (Phi) is 11.0. The SMILES string of the molecule is CCOCCCCNC(=O)CCCNC. The van der Waals surface area contributed by atoms with Gasteiger partial charge in [-0.25, -0.2) is 0 Å². The van der Waals surface area contributed by atoms with E-state index in [9.17, 15) is 4.79 Å². The summed E-state index contributed by atoms with van der Waals surface area (Å²) in [5, 5.41) is 5.91. The molecule has 0 radical (unpaired) electrons. The molecule has 0 unspecified atom stereocenters. The van der Waals surface area contributed by atoms with Gasteiger partial charge in [-0.3, -0.25) is 4.79 Å². The Morgan fingerprint density at radius 1 is 1.20 bits per heavy atom. The lowest BCUT2D eigenvalue weighted by molar-refractivity contribution is -0.121. The second-order valence-electron chi connectivity index (χ2n) is 3.46. The fourth-order valence-electron chi connectivity index (χ4n) is 1.22. The van der Waals surface area contributed by atoms with Crippen molar-refractivity contribution >= 4 is 5.91 Å². The van der Waals surface area contributed by atoms with Gasteiger partial charge in [-0.05, 0) is 39.8 Å². The van der Waals surface area contributed by atoms with Gasteiger partial charge in [-0.1, -0.05) is 0 Å². The summed E-state index contributed by atoms with van der Waals surface area (Å²) < 4.78 is 5.20. The number of nitrogens with one attached hydrogen (secondary N) is 2.